The number of phenols is 3. The highest BCUT2D eigenvalue weighted by Crippen LogP contribution is 2.50. The zero-order chi connectivity index (χ0) is 85.1. The van der Waals surface area contributed by atoms with Crippen LogP contribution in [0.2, 0.25) is 5.02 Å². The Bertz CT molecular complexity index is 4520. The molecule has 11 bridgehead atoms. The van der Waals surface area contributed by atoms with E-state index in [1.54, 1.807) is 0 Å². The predicted molar refractivity (Wildman–Crippen MR) is 411 cm³/mol. The molecule has 26 N–H and O–H groups in total. The minimum absolute atomic E-state index is 0.0479. The third kappa shape index (κ3) is 19.5. The van der Waals surface area contributed by atoms with Crippen LogP contribution in [0.15, 0.2) is 78.9 Å². The molecule has 0 spiro atoms. The monoisotopic (exact) mass is 1660 g/mol. The molecule has 38 nitrogen and oxygen atoms in total. The molecule has 8 aliphatic heterocycles. The van der Waals surface area contributed by atoms with Crippen molar-refractivity contribution in [3.05, 3.63) is 117 Å². The molecule has 0 saturated carbocycles. The van der Waals surface area contributed by atoms with Crippen LogP contribution in [0, 0.1) is 5.92 Å². The first-order valence-corrected chi connectivity index (χ1v) is 38.5. The molecule has 636 valence electrons. The number of carboxylic acids is 1. The van der Waals surface area contributed by atoms with E-state index < -0.39 is 250 Å². The van der Waals surface area contributed by atoms with Gasteiger partial charge in [-0.15, -0.1) is 0 Å². The highest BCUT2D eigenvalue weighted by Gasteiger charge is 2.52. The Hall–Kier alpha value is -9.69. The normalized spacial score (nSPS) is 31.0. The number of primary amides is 1. The van der Waals surface area contributed by atoms with Gasteiger partial charge < -0.3 is 154 Å². The summed E-state index contributed by atoms with van der Waals surface area (Å²) >= 11 is 7.17. The number of amides is 7. The molecule has 7 amide bonds. The minimum atomic E-state index is -2.36. The Kier molecular flexibility index (Phi) is 27.6. The maximum atomic E-state index is 16.5. The van der Waals surface area contributed by atoms with Crippen LogP contribution < -0.4 is 79.7 Å². The molecule has 8 aliphatic rings. The maximum Gasteiger partial charge on any atom is 0.330 e. The first kappa shape index (κ1) is 88.1. The Morgan fingerprint density at radius 3 is 1.91 bits per heavy atom. The number of carboxylic acid groups (broad SMARTS) is 1. The van der Waals surface area contributed by atoms with Crippen LogP contribution in [-0.4, -0.2) is 228 Å². The summed E-state index contributed by atoms with van der Waals surface area (Å²) in [6.07, 6.45) is -21.4. The number of carbonyl (C=O) groups is 8. The van der Waals surface area contributed by atoms with Gasteiger partial charge in [0.1, 0.15) is 89.5 Å². The van der Waals surface area contributed by atoms with Crippen LogP contribution in [0.5, 0.6) is 46.0 Å². The molecule has 8 heterocycles. The minimum Gasteiger partial charge on any atom is -0.507 e. The quantitative estimate of drug-likeness (QED) is 0.0413. The van der Waals surface area contributed by atoms with E-state index in [2.05, 4.69) is 42.5 Å². The number of aliphatic hydroxyl groups excluding tert-OH is 6. The number of rotatable bonds is 21. The van der Waals surface area contributed by atoms with Crippen molar-refractivity contribution in [3.63, 3.8) is 0 Å². The Morgan fingerprint density at radius 1 is 0.692 bits per heavy atom. The average molecular weight is 1660 g/mol. The number of phenolic OH excluding ortho intramolecular Hbond substituents is 3. The Morgan fingerprint density at radius 2 is 1.31 bits per heavy atom. The molecule has 5 aromatic rings. The van der Waals surface area contributed by atoms with Crippen molar-refractivity contribution >= 4 is 58.9 Å². The number of unbranched alkanes of at least 4 members (excludes halogenated alkanes) is 1. The molecule has 5 aromatic carbocycles. The summed E-state index contributed by atoms with van der Waals surface area (Å²) in [5, 5.41) is 138. The van der Waals surface area contributed by atoms with Gasteiger partial charge in [0.2, 0.25) is 53.4 Å². The third-order valence-electron chi connectivity index (χ3n) is 21.5. The molecule has 9 unspecified atom stereocenters. The van der Waals surface area contributed by atoms with Gasteiger partial charge in [0.15, 0.2) is 36.2 Å². The summed E-state index contributed by atoms with van der Waals surface area (Å²) in [5.41, 5.74) is 19.1. The summed E-state index contributed by atoms with van der Waals surface area (Å²) in [5.74, 6) is -15.5. The highest BCUT2D eigenvalue weighted by atomic mass is 35.5. The fraction of sp³-hybridized carbons (Fsp3) is 0.513. The number of nitrogens with two attached hydrogens (primary N) is 4. The zero-order valence-corrected chi connectivity index (χ0v) is 65.6. The number of aliphatic hydroxyl groups is 6. The van der Waals surface area contributed by atoms with Gasteiger partial charge in [-0.2, -0.15) is 0 Å². The van der Waals surface area contributed by atoms with E-state index >= 15 is 24.0 Å². The number of nitrogens with one attached hydrogen (secondary N) is 8. The number of hydrogen-bond acceptors (Lipinski definition) is 30. The number of hydrogen-bond donors (Lipinski definition) is 22. The number of ether oxygens (including phenoxy) is 8. The summed E-state index contributed by atoms with van der Waals surface area (Å²) in [6, 6.07) is 0.746. The van der Waals surface area contributed by atoms with E-state index in [1.807, 2.05) is 13.8 Å². The van der Waals surface area contributed by atoms with Gasteiger partial charge in [0, 0.05) is 47.2 Å². The van der Waals surface area contributed by atoms with Crippen LogP contribution in [0.1, 0.15) is 144 Å². The number of benzene rings is 5. The summed E-state index contributed by atoms with van der Waals surface area (Å²) in [4.78, 5) is 121. The Balaban J connectivity index is 1.19. The molecule has 0 aliphatic carbocycles. The van der Waals surface area contributed by atoms with Gasteiger partial charge >= 0.3 is 5.97 Å². The topological polar surface area (TPSA) is 613 Å². The summed E-state index contributed by atoms with van der Waals surface area (Å²) < 4.78 is 52.0. The third-order valence-corrected chi connectivity index (χ3v) is 21.8. The van der Waals surface area contributed by atoms with E-state index in [0.717, 1.165) is 42.5 Å². The Labute approximate surface area is 675 Å². The van der Waals surface area contributed by atoms with Crippen LogP contribution in [-0.2, 0) is 68.6 Å². The molecule has 39 heteroatoms. The van der Waals surface area contributed by atoms with Crippen LogP contribution in [0.3, 0.4) is 0 Å². The molecule has 0 aromatic heterocycles. The van der Waals surface area contributed by atoms with E-state index in [1.165, 1.54) is 71.1 Å². The first-order chi connectivity index (χ1) is 55.3. The number of likely N-dealkylation sites (N-methyl/N-ethyl adjacent to an activating group) is 1. The number of aromatic hydroxyl groups is 3. The second kappa shape index (κ2) is 36.7. The molecular formula is C78H101ClN12O26. The van der Waals surface area contributed by atoms with E-state index in [0.29, 0.717) is 25.9 Å². The van der Waals surface area contributed by atoms with Crippen molar-refractivity contribution in [3.8, 4) is 57.1 Å². The number of halogens is 1. The van der Waals surface area contributed by atoms with Crippen molar-refractivity contribution in [1.82, 2.24) is 42.5 Å². The number of fused-ring (bicyclic) bond motifs is 15. The van der Waals surface area contributed by atoms with Gasteiger partial charge in [-0.05, 0) is 150 Å². The first-order valence-electron chi connectivity index (χ1n) is 38.1. The summed E-state index contributed by atoms with van der Waals surface area (Å²) in [7, 11) is 1.48. The van der Waals surface area contributed by atoms with Crippen molar-refractivity contribution in [2.45, 2.75) is 220 Å². The van der Waals surface area contributed by atoms with Crippen LogP contribution in [0.25, 0.3) is 11.1 Å². The van der Waals surface area contributed by atoms with Crippen molar-refractivity contribution in [1.29, 1.82) is 0 Å². The molecular weight excluding hydrogens is 1560 g/mol. The van der Waals surface area contributed by atoms with E-state index in [4.69, 9.17) is 72.4 Å². The zero-order valence-electron chi connectivity index (χ0n) is 64.9. The van der Waals surface area contributed by atoms with Gasteiger partial charge in [-0.25, -0.2) is 4.79 Å². The second-order valence-corrected chi connectivity index (χ2v) is 31.5. The average Bonchev–Trinajstić information content (AvgIpc) is 0.755. The fourth-order valence-corrected chi connectivity index (χ4v) is 15.3. The molecule has 0 radical (unpaired) electrons. The second-order valence-electron chi connectivity index (χ2n) is 31.1. The van der Waals surface area contributed by atoms with Gasteiger partial charge in [-0.1, -0.05) is 49.7 Å². The SMILES string of the molecule is CNC(CC(C)C)C(=O)NC1C(=O)NC(CC(N)=O)C(=O)NC2C(=O)NC3C(=O)NC(C(=O)NC(C(=O)O)c4cc(O)c(CNCCCCN)c(O)c4-c4cc3ccc4O)C(O[C@H]3C[C@](C)(N)[C@@H](O)[C@H](C)O3)c3ccc(cc3)Oc3cc2cc(c3O[C@@H]2O[C@H](CO)[C@@H](O)[C@H](O)[C@H]2O[C@H]2C[C@](C)(N)[C@@H](O)[C@H](C)O2)Oc2ccc(cc2Cl)C1O. The lowest BCUT2D eigenvalue weighted by Crippen LogP contribution is -2.64. The van der Waals surface area contributed by atoms with Gasteiger partial charge in [0.05, 0.1) is 54.1 Å². The predicted octanol–water partition coefficient (Wildman–Crippen LogP) is -0.481. The van der Waals surface area contributed by atoms with Gasteiger partial charge in [0.25, 0.3) is 0 Å². The fourth-order valence-electron chi connectivity index (χ4n) is 15.1. The van der Waals surface area contributed by atoms with Crippen molar-refractivity contribution in [2.24, 2.45) is 28.9 Å². The van der Waals surface area contributed by atoms with Gasteiger partial charge in [-0.3, -0.25) is 33.6 Å². The smallest absolute Gasteiger partial charge is 0.330 e. The van der Waals surface area contributed by atoms with Crippen LogP contribution in [0.4, 0.5) is 0 Å². The number of carbonyl (C=O) groups excluding carboxylic acids is 7. The largest absolute Gasteiger partial charge is 0.507 e. The molecule has 117 heavy (non-hydrogen) atoms. The lowest BCUT2D eigenvalue weighted by molar-refractivity contribution is -0.333. The molecule has 22 atom stereocenters. The van der Waals surface area contributed by atoms with Crippen molar-refractivity contribution < 1.29 is 127 Å². The molecule has 3 fully saturated rings. The highest BCUT2D eigenvalue weighted by molar-refractivity contribution is 6.32. The molecule has 3 saturated heterocycles. The molecule has 13 rings (SSSR count). The summed E-state index contributed by atoms with van der Waals surface area (Å²) in [6.45, 7) is 8.99. The maximum absolute atomic E-state index is 16.5. The lowest BCUT2D eigenvalue weighted by atomic mass is 9.86. The standard InChI is InChI=1S/C78H101ClN12O26/c1-31(2)20-43(84-7)69(102)90-58-60(96)36-13-17-47(42(79)22-36)113-49-24-37-23-48(65(49)117-76-66(63(99)62(98)50(30-92)114-76)116-53-28-78(6,83)68(101)33(4)111-53)112-38-14-10-34(11-15-38)64(115-52-27-77(5,82)67(100)32(3)110-52)59-74(107)89-57(75(108)109)40-25-46(94)41(29-85-19-9-8-18-80)61(97)54(40)39-21-35(12-16-45(39)93)55(71(104)91-59)88-72(105)56(37)87-70(103)44(26-51(81)95)86-73(58)106/h10-17,21-25,31-33,43-44,50,52-53,55-60,62-64,66-68,76,84-85,92-94,96-101H,8-9,18-20,26-30,80,82-83H2,1-7H3,(H2,81,95)(H,86,106)(H,87,103)(H,88,105)(H,89,107)(H,90,102)(H,91,104)(H,108,109)/t32-,33-,43?,44?,50+,52-,53-,55?,56?,57?,58?,59?,60?,62+,63-,64?,66+,67-,68-,76-,77-,78-/m0/s1. The lowest BCUT2D eigenvalue weighted by Gasteiger charge is -2.47. The van der Waals surface area contributed by atoms with Crippen LogP contribution >= 0.6 is 11.6 Å². The van der Waals surface area contributed by atoms with Crippen molar-refractivity contribution in [2.75, 3.05) is 26.7 Å². The van der Waals surface area contributed by atoms with E-state index in [9.17, 15) is 65.4 Å². The van der Waals surface area contributed by atoms with E-state index in [-0.39, 0.29) is 70.5 Å². The number of aliphatic carboxylic acids is 1.